The molecule has 2 aliphatic rings. The Bertz CT molecular complexity index is 307. The van der Waals surface area contributed by atoms with E-state index in [2.05, 4.69) is 30.4 Å². The molecule has 2 rings (SSSR count). The molecule has 94 valence electrons. The van der Waals surface area contributed by atoms with Crippen LogP contribution in [0.2, 0.25) is 0 Å². The zero-order chi connectivity index (χ0) is 11.9. The van der Waals surface area contributed by atoms with Gasteiger partial charge in [-0.2, -0.15) is 0 Å². The summed E-state index contributed by atoms with van der Waals surface area (Å²) >= 11 is 0. The molecule has 2 aliphatic carbocycles. The number of aliphatic hydroxyl groups is 1. The largest absolute Gasteiger partial charge is 0.388 e. The smallest absolute Gasteiger partial charge is 0.0778 e. The first-order valence-corrected chi connectivity index (χ1v) is 7.05. The van der Waals surface area contributed by atoms with Gasteiger partial charge in [0.25, 0.3) is 0 Å². The molecule has 1 N–H and O–H groups in total. The fourth-order valence-corrected chi connectivity index (χ4v) is 2.36. The number of hydrogen-bond donors (Lipinski definition) is 1. The van der Waals surface area contributed by atoms with Crippen molar-refractivity contribution in [3.63, 3.8) is 0 Å². The summed E-state index contributed by atoms with van der Waals surface area (Å²) in [6.45, 7) is 0. The Labute approximate surface area is 105 Å². The Morgan fingerprint density at radius 2 is 1.47 bits per heavy atom. The Morgan fingerprint density at radius 1 is 0.882 bits per heavy atom. The summed E-state index contributed by atoms with van der Waals surface area (Å²) in [7, 11) is 0. The van der Waals surface area contributed by atoms with Crippen LogP contribution in [0, 0.1) is 5.92 Å². The molecular weight excluding hydrogens is 208 g/mol. The number of allylic oxidation sites excluding steroid dienone is 5. The summed E-state index contributed by atoms with van der Waals surface area (Å²) in [6.07, 6.45) is 20.3. The molecular formula is C16H24O. The molecule has 0 aromatic heterocycles. The van der Waals surface area contributed by atoms with Crippen LogP contribution in [0.1, 0.15) is 51.4 Å². The first kappa shape index (κ1) is 12.6. The fourth-order valence-electron chi connectivity index (χ4n) is 2.36. The van der Waals surface area contributed by atoms with Gasteiger partial charge in [0.05, 0.1) is 6.10 Å². The van der Waals surface area contributed by atoms with Crippen molar-refractivity contribution in [1.29, 1.82) is 0 Å². The molecule has 0 aromatic carbocycles. The van der Waals surface area contributed by atoms with Crippen molar-refractivity contribution in [2.75, 3.05) is 0 Å². The van der Waals surface area contributed by atoms with Crippen LogP contribution in [0.3, 0.4) is 0 Å². The molecule has 1 saturated carbocycles. The predicted octanol–water partition coefficient (Wildman–Crippen LogP) is 4.15. The molecule has 1 unspecified atom stereocenters. The molecule has 1 heteroatoms. The van der Waals surface area contributed by atoms with Crippen molar-refractivity contribution in [2.45, 2.75) is 57.5 Å². The topological polar surface area (TPSA) is 20.2 Å². The first-order chi connectivity index (χ1) is 8.38. The minimum atomic E-state index is -0.157. The van der Waals surface area contributed by atoms with Crippen LogP contribution in [0.25, 0.3) is 0 Å². The quantitative estimate of drug-likeness (QED) is 0.709. The highest BCUT2D eigenvalue weighted by molar-refractivity contribution is 5.13. The average Bonchev–Trinajstić information content (AvgIpc) is 3.13. The summed E-state index contributed by atoms with van der Waals surface area (Å²) in [5, 5.41) is 10.2. The lowest BCUT2D eigenvalue weighted by Gasteiger charge is -2.14. The summed E-state index contributed by atoms with van der Waals surface area (Å²) < 4.78 is 0. The number of rotatable bonds is 2. The molecule has 1 fully saturated rings. The third-order valence-corrected chi connectivity index (χ3v) is 3.62. The average molecular weight is 232 g/mol. The number of aliphatic hydroxyl groups excluding tert-OH is 1. The standard InChI is InChI=1S/C16H24O/c17-16(15-12-13-15)14-10-8-6-4-2-1-3-5-7-9-11-14/h2,4-5,7,10,15-17H,1,3,6,8-9,11-13H2. The summed E-state index contributed by atoms with van der Waals surface area (Å²) in [4.78, 5) is 0. The van der Waals surface area contributed by atoms with E-state index in [0.717, 1.165) is 38.5 Å². The molecule has 17 heavy (non-hydrogen) atoms. The Hall–Kier alpha value is -0.820. The van der Waals surface area contributed by atoms with Gasteiger partial charge in [-0.05, 0) is 62.9 Å². The van der Waals surface area contributed by atoms with Crippen LogP contribution in [-0.2, 0) is 0 Å². The van der Waals surface area contributed by atoms with Gasteiger partial charge in [-0.3, -0.25) is 0 Å². The van der Waals surface area contributed by atoms with Crippen molar-refractivity contribution in [1.82, 2.24) is 0 Å². The van der Waals surface area contributed by atoms with Crippen molar-refractivity contribution in [3.8, 4) is 0 Å². The van der Waals surface area contributed by atoms with E-state index in [9.17, 15) is 5.11 Å². The van der Waals surface area contributed by atoms with Gasteiger partial charge in [-0.1, -0.05) is 30.4 Å². The van der Waals surface area contributed by atoms with Crippen LogP contribution in [0.15, 0.2) is 36.0 Å². The van der Waals surface area contributed by atoms with E-state index in [4.69, 9.17) is 0 Å². The van der Waals surface area contributed by atoms with Gasteiger partial charge >= 0.3 is 0 Å². The lowest BCUT2D eigenvalue weighted by atomic mass is 9.98. The third-order valence-electron chi connectivity index (χ3n) is 3.62. The molecule has 0 radical (unpaired) electrons. The highest BCUT2D eigenvalue weighted by atomic mass is 16.3. The number of hydrogen-bond acceptors (Lipinski definition) is 1. The van der Waals surface area contributed by atoms with E-state index < -0.39 is 0 Å². The van der Waals surface area contributed by atoms with Gasteiger partial charge in [0.15, 0.2) is 0 Å². The second kappa shape index (κ2) is 6.80. The van der Waals surface area contributed by atoms with Crippen molar-refractivity contribution >= 4 is 0 Å². The third kappa shape index (κ3) is 4.51. The fraction of sp³-hybridized carbons (Fsp3) is 0.625. The Kier molecular flexibility index (Phi) is 5.06. The molecule has 0 saturated heterocycles. The summed E-state index contributed by atoms with van der Waals surface area (Å²) in [6, 6.07) is 0. The summed E-state index contributed by atoms with van der Waals surface area (Å²) in [5.74, 6) is 0.564. The minimum absolute atomic E-state index is 0.157. The zero-order valence-electron chi connectivity index (χ0n) is 10.6. The van der Waals surface area contributed by atoms with Gasteiger partial charge in [-0.15, -0.1) is 0 Å². The normalized spacial score (nSPS) is 24.6. The van der Waals surface area contributed by atoms with Crippen LogP contribution in [0.5, 0.6) is 0 Å². The Morgan fingerprint density at radius 3 is 2.12 bits per heavy atom. The van der Waals surface area contributed by atoms with Gasteiger partial charge in [0.2, 0.25) is 0 Å². The van der Waals surface area contributed by atoms with Crippen LogP contribution >= 0.6 is 0 Å². The second-order valence-electron chi connectivity index (χ2n) is 5.20. The SMILES string of the molecule is OC(C1=CCCC=CCCC=CCC1)C1CC1. The maximum absolute atomic E-state index is 10.2. The highest BCUT2D eigenvalue weighted by Crippen LogP contribution is 2.37. The van der Waals surface area contributed by atoms with Crippen LogP contribution in [-0.4, -0.2) is 11.2 Å². The summed E-state index contributed by atoms with van der Waals surface area (Å²) in [5.41, 5.74) is 1.28. The molecule has 1 nitrogen and oxygen atoms in total. The van der Waals surface area contributed by atoms with E-state index in [0.29, 0.717) is 5.92 Å². The monoisotopic (exact) mass is 232 g/mol. The van der Waals surface area contributed by atoms with E-state index in [1.807, 2.05) is 0 Å². The van der Waals surface area contributed by atoms with Gasteiger partial charge < -0.3 is 5.11 Å². The van der Waals surface area contributed by atoms with E-state index in [1.54, 1.807) is 0 Å². The minimum Gasteiger partial charge on any atom is -0.388 e. The lowest BCUT2D eigenvalue weighted by Crippen LogP contribution is -2.12. The molecule has 0 amide bonds. The maximum Gasteiger partial charge on any atom is 0.0778 e. The van der Waals surface area contributed by atoms with Crippen LogP contribution in [0.4, 0.5) is 0 Å². The first-order valence-electron chi connectivity index (χ1n) is 7.05. The van der Waals surface area contributed by atoms with Crippen LogP contribution < -0.4 is 0 Å². The second-order valence-corrected chi connectivity index (χ2v) is 5.20. The maximum atomic E-state index is 10.2. The molecule has 0 aromatic rings. The molecule has 0 heterocycles. The molecule has 1 atom stereocenters. The molecule has 0 spiro atoms. The lowest BCUT2D eigenvalue weighted by molar-refractivity contribution is 0.183. The highest BCUT2D eigenvalue weighted by Gasteiger charge is 2.31. The van der Waals surface area contributed by atoms with Gasteiger partial charge in [-0.25, -0.2) is 0 Å². The zero-order valence-corrected chi connectivity index (χ0v) is 10.6. The Balaban J connectivity index is 1.94. The van der Waals surface area contributed by atoms with Crippen molar-refractivity contribution in [2.24, 2.45) is 5.92 Å². The molecule has 0 bridgehead atoms. The van der Waals surface area contributed by atoms with E-state index >= 15 is 0 Å². The van der Waals surface area contributed by atoms with Gasteiger partial charge in [0.1, 0.15) is 0 Å². The van der Waals surface area contributed by atoms with Crippen molar-refractivity contribution < 1.29 is 5.11 Å². The molecule has 0 aliphatic heterocycles. The van der Waals surface area contributed by atoms with E-state index in [1.165, 1.54) is 18.4 Å². The van der Waals surface area contributed by atoms with E-state index in [-0.39, 0.29) is 6.10 Å². The predicted molar refractivity (Wildman–Crippen MR) is 72.8 cm³/mol. The van der Waals surface area contributed by atoms with Gasteiger partial charge in [0, 0.05) is 0 Å². The van der Waals surface area contributed by atoms with Crippen molar-refractivity contribution in [3.05, 3.63) is 36.0 Å².